The summed E-state index contributed by atoms with van der Waals surface area (Å²) in [5, 5.41) is 14.7. The fourth-order valence-electron chi connectivity index (χ4n) is 4.80. The average molecular weight is 448 g/mol. The maximum absolute atomic E-state index is 13.6. The largest absolute Gasteiger partial charge is 0.357 e. The second-order valence-corrected chi connectivity index (χ2v) is 9.59. The van der Waals surface area contributed by atoms with Crippen LogP contribution in [-0.2, 0) is 9.59 Å². The number of rotatable bonds is 5. The first-order valence-electron chi connectivity index (χ1n) is 11.4. The number of non-ortho nitro benzene ring substituents is 1. The van der Waals surface area contributed by atoms with Crippen molar-refractivity contribution in [3.05, 3.63) is 75.5 Å². The van der Waals surface area contributed by atoms with Gasteiger partial charge >= 0.3 is 0 Å². The van der Waals surface area contributed by atoms with Crippen molar-refractivity contribution < 1.29 is 14.5 Å². The van der Waals surface area contributed by atoms with Crippen molar-refractivity contribution in [3.8, 4) is 0 Å². The van der Waals surface area contributed by atoms with Crippen molar-refractivity contribution in [2.24, 2.45) is 5.41 Å². The molecule has 7 nitrogen and oxygen atoms in total. The van der Waals surface area contributed by atoms with E-state index in [1.807, 2.05) is 31.2 Å². The molecule has 0 bridgehead atoms. The van der Waals surface area contributed by atoms with Crippen LogP contribution in [0.3, 0.4) is 0 Å². The van der Waals surface area contributed by atoms with Crippen LogP contribution in [0.15, 0.2) is 59.8 Å². The third kappa shape index (κ3) is 4.40. The highest BCUT2D eigenvalue weighted by Crippen LogP contribution is 2.48. The number of hydrogen-bond donors (Lipinski definition) is 1. The van der Waals surface area contributed by atoms with E-state index in [1.54, 1.807) is 17.0 Å². The highest BCUT2D eigenvalue weighted by molar-refractivity contribution is 6.06. The van der Waals surface area contributed by atoms with Crippen LogP contribution in [0.1, 0.15) is 64.5 Å². The molecule has 0 saturated carbocycles. The van der Waals surface area contributed by atoms with Gasteiger partial charge in [-0.25, -0.2) is 0 Å². The summed E-state index contributed by atoms with van der Waals surface area (Å²) < 4.78 is 0. The van der Waals surface area contributed by atoms with E-state index in [1.165, 1.54) is 12.1 Å². The van der Waals surface area contributed by atoms with Crippen LogP contribution < -0.4 is 10.2 Å². The Bertz CT molecular complexity index is 1130. The lowest BCUT2D eigenvalue weighted by Gasteiger charge is -2.37. The van der Waals surface area contributed by atoms with Crippen LogP contribution in [0.4, 0.5) is 17.1 Å². The molecule has 172 valence electrons. The summed E-state index contributed by atoms with van der Waals surface area (Å²) in [7, 11) is 0. The van der Waals surface area contributed by atoms with Crippen LogP contribution in [0.5, 0.6) is 0 Å². The van der Waals surface area contributed by atoms with Gasteiger partial charge in [-0.1, -0.05) is 39.3 Å². The topological polar surface area (TPSA) is 92.6 Å². The van der Waals surface area contributed by atoms with Crippen molar-refractivity contribution in [2.75, 3.05) is 10.2 Å². The Labute approximate surface area is 193 Å². The molecule has 33 heavy (non-hydrogen) atoms. The standard InChI is InChI=1S/C26H29N3O4/c1-4-5-10-23(31)28-21-9-7-6-8-19(21)27-20-15-26(2,3)16-22(30)24(20)25(28)17-11-13-18(14-12-17)29(32)33/h6-9,11-14,25,27H,4-5,10,15-16H2,1-3H3/t25-/m0/s1. The molecule has 0 spiro atoms. The molecule has 2 aromatic carbocycles. The monoisotopic (exact) mass is 447 g/mol. The Hall–Kier alpha value is -3.48. The number of unbranched alkanes of at least 4 members (excludes halogenated alkanes) is 1. The molecule has 0 fully saturated rings. The average Bonchev–Trinajstić information content (AvgIpc) is 2.91. The number of ketones is 1. The normalized spacial score (nSPS) is 19.3. The van der Waals surface area contributed by atoms with Gasteiger partial charge in [0.2, 0.25) is 5.91 Å². The first-order chi connectivity index (χ1) is 15.7. The highest BCUT2D eigenvalue weighted by Gasteiger charge is 2.43. The summed E-state index contributed by atoms with van der Waals surface area (Å²) in [6.07, 6.45) is 3.03. The number of fused-ring (bicyclic) bond motifs is 1. The van der Waals surface area contributed by atoms with Crippen LogP contribution in [0.25, 0.3) is 0 Å². The number of nitro benzene ring substituents is 1. The third-order valence-electron chi connectivity index (χ3n) is 6.33. The fraction of sp³-hybridized carbons (Fsp3) is 0.385. The van der Waals surface area contributed by atoms with Crippen molar-refractivity contribution in [2.45, 2.75) is 58.9 Å². The molecule has 2 aromatic rings. The van der Waals surface area contributed by atoms with Crippen LogP contribution in [0.2, 0.25) is 0 Å². The number of carbonyl (C=O) groups excluding carboxylic acids is 2. The van der Waals surface area contributed by atoms with Gasteiger partial charge in [0, 0.05) is 36.2 Å². The summed E-state index contributed by atoms with van der Waals surface area (Å²) >= 11 is 0. The van der Waals surface area contributed by atoms with Crippen molar-refractivity contribution in [3.63, 3.8) is 0 Å². The second-order valence-electron chi connectivity index (χ2n) is 9.59. The van der Waals surface area contributed by atoms with E-state index in [9.17, 15) is 19.7 Å². The Morgan fingerprint density at radius 3 is 2.52 bits per heavy atom. The lowest BCUT2D eigenvalue weighted by atomic mass is 9.73. The molecule has 0 aromatic heterocycles. The Morgan fingerprint density at radius 1 is 1.15 bits per heavy atom. The van der Waals surface area contributed by atoms with E-state index < -0.39 is 11.0 Å². The zero-order chi connectivity index (χ0) is 23.8. The maximum atomic E-state index is 13.6. The summed E-state index contributed by atoms with van der Waals surface area (Å²) in [5.41, 5.74) is 3.33. The predicted molar refractivity (Wildman–Crippen MR) is 128 cm³/mol. The van der Waals surface area contributed by atoms with Gasteiger partial charge in [-0.3, -0.25) is 24.6 Å². The molecule has 1 aliphatic heterocycles. The van der Waals surface area contributed by atoms with E-state index >= 15 is 0 Å². The molecule has 4 rings (SSSR count). The number of carbonyl (C=O) groups is 2. The quantitative estimate of drug-likeness (QED) is 0.453. The molecular weight excluding hydrogens is 418 g/mol. The van der Waals surface area contributed by atoms with Crippen LogP contribution in [-0.4, -0.2) is 16.6 Å². The molecule has 0 unspecified atom stereocenters. The first-order valence-corrected chi connectivity index (χ1v) is 11.4. The molecule has 1 aliphatic carbocycles. The van der Waals surface area contributed by atoms with Gasteiger partial charge in [0.05, 0.1) is 22.3 Å². The number of para-hydroxylation sites is 2. The van der Waals surface area contributed by atoms with E-state index in [4.69, 9.17) is 0 Å². The fourth-order valence-corrected chi connectivity index (χ4v) is 4.80. The number of Topliss-reactive ketones (excluding diaryl/α,β-unsaturated/α-hetero) is 1. The lowest BCUT2D eigenvalue weighted by Crippen LogP contribution is -2.39. The van der Waals surface area contributed by atoms with Crippen molar-refractivity contribution >= 4 is 28.8 Å². The number of nitrogens with one attached hydrogen (secondary N) is 1. The minimum absolute atomic E-state index is 0.00167. The molecule has 1 atom stereocenters. The minimum atomic E-state index is -0.648. The molecular formula is C26H29N3O4. The van der Waals surface area contributed by atoms with Gasteiger partial charge in [0.15, 0.2) is 5.78 Å². The van der Waals surface area contributed by atoms with Gasteiger partial charge in [-0.2, -0.15) is 0 Å². The number of nitrogens with zero attached hydrogens (tertiary/aromatic N) is 2. The van der Waals surface area contributed by atoms with E-state index in [2.05, 4.69) is 19.2 Å². The SMILES string of the molecule is CCCCC(=O)N1c2ccccc2NC2=C(C(=O)CC(C)(C)C2)[C@@H]1c1ccc([N+](=O)[O-])cc1. The Balaban J connectivity index is 1.95. The van der Waals surface area contributed by atoms with Gasteiger partial charge in [0.25, 0.3) is 5.69 Å². The number of benzene rings is 2. The van der Waals surface area contributed by atoms with Gasteiger partial charge in [0.1, 0.15) is 0 Å². The zero-order valence-electron chi connectivity index (χ0n) is 19.3. The number of hydrogen-bond acceptors (Lipinski definition) is 5. The van der Waals surface area contributed by atoms with E-state index in [0.29, 0.717) is 36.1 Å². The third-order valence-corrected chi connectivity index (χ3v) is 6.33. The van der Waals surface area contributed by atoms with E-state index in [-0.39, 0.29) is 22.8 Å². The van der Waals surface area contributed by atoms with Gasteiger partial charge < -0.3 is 5.32 Å². The lowest BCUT2D eigenvalue weighted by molar-refractivity contribution is -0.384. The smallest absolute Gasteiger partial charge is 0.269 e. The zero-order valence-corrected chi connectivity index (χ0v) is 19.3. The number of amides is 1. The number of nitro groups is 1. The molecule has 1 amide bonds. The van der Waals surface area contributed by atoms with E-state index in [0.717, 1.165) is 24.2 Å². The van der Waals surface area contributed by atoms with Crippen molar-refractivity contribution in [1.82, 2.24) is 0 Å². The molecule has 2 aliphatic rings. The molecule has 0 radical (unpaired) electrons. The Kier molecular flexibility index (Phi) is 6.06. The summed E-state index contributed by atoms with van der Waals surface area (Å²) in [5.74, 6) is -0.0703. The van der Waals surface area contributed by atoms with Gasteiger partial charge in [-0.15, -0.1) is 0 Å². The molecule has 0 saturated heterocycles. The first kappa shape index (κ1) is 22.7. The predicted octanol–water partition coefficient (Wildman–Crippen LogP) is 5.93. The van der Waals surface area contributed by atoms with Crippen LogP contribution in [0, 0.1) is 15.5 Å². The summed E-state index contributed by atoms with van der Waals surface area (Å²) in [4.78, 5) is 39.6. The van der Waals surface area contributed by atoms with Crippen molar-refractivity contribution in [1.29, 1.82) is 0 Å². The minimum Gasteiger partial charge on any atom is -0.357 e. The molecule has 1 heterocycles. The van der Waals surface area contributed by atoms with Crippen LogP contribution >= 0.6 is 0 Å². The Morgan fingerprint density at radius 2 is 1.85 bits per heavy atom. The summed E-state index contributed by atoms with van der Waals surface area (Å²) in [6, 6.07) is 13.1. The molecule has 7 heteroatoms. The number of allylic oxidation sites excluding steroid dienone is 1. The highest BCUT2D eigenvalue weighted by atomic mass is 16.6. The van der Waals surface area contributed by atoms with Gasteiger partial charge in [-0.05, 0) is 48.1 Å². The molecule has 1 N–H and O–H groups in total. The number of anilines is 2. The second kappa shape index (κ2) is 8.81. The summed E-state index contributed by atoms with van der Waals surface area (Å²) in [6.45, 7) is 6.17. The maximum Gasteiger partial charge on any atom is 0.269 e.